The zero-order valence-corrected chi connectivity index (χ0v) is 13.5. The van der Waals surface area contributed by atoms with Gasteiger partial charge in [0.05, 0.1) is 7.11 Å². The van der Waals surface area contributed by atoms with Crippen molar-refractivity contribution in [3.05, 3.63) is 77.9 Å². The number of nitrogens with one attached hydrogen (secondary N) is 1. The van der Waals surface area contributed by atoms with E-state index in [2.05, 4.69) is 53.0 Å². The van der Waals surface area contributed by atoms with Crippen molar-refractivity contribution in [3.8, 4) is 5.75 Å². The van der Waals surface area contributed by atoms with Gasteiger partial charge in [0, 0.05) is 11.1 Å². The smallest absolute Gasteiger partial charge is 0.126 e. The summed E-state index contributed by atoms with van der Waals surface area (Å²) in [5.74, 6) is 0.887. The summed E-state index contributed by atoms with van der Waals surface area (Å²) < 4.78 is 5.60. The minimum Gasteiger partial charge on any atom is -0.496 e. The Labute approximate surface area is 139 Å². The lowest BCUT2D eigenvalue weighted by molar-refractivity contribution is 0.409. The number of ether oxygens (including phenoxy) is 1. The first kappa shape index (κ1) is 14.2. The summed E-state index contributed by atoms with van der Waals surface area (Å²) in [6, 6.07) is 22.7. The molecule has 0 aliphatic carbocycles. The molecule has 23 heavy (non-hydrogen) atoms. The number of methoxy groups -OCH3 is 1. The normalized spacial score (nSPS) is 16.9. The summed E-state index contributed by atoms with van der Waals surface area (Å²) in [6.45, 7) is 0. The van der Waals surface area contributed by atoms with E-state index in [1.165, 1.54) is 10.8 Å². The maximum atomic E-state index is 5.60. The second-order valence-corrected chi connectivity index (χ2v) is 6.41. The lowest BCUT2D eigenvalue weighted by atomic mass is 10.0. The molecule has 1 atom stereocenters. The van der Waals surface area contributed by atoms with E-state index < -0.39 is 0 Å². The third-order valence-electron chi connectivity index (χ3n) is 3.95. The van der Waals surface area contributed by atoms with Crippen molar-refractivity contribution in [2.45, 2.75) is 5.37 Å². The highest BCUT2D eigenvalue weighted by Gasteiger charge is 2.26. The van der Waals surface area contributed by atoms with E-state index in [4.69, 9.17) is 4.74 Å². The number of hydrazone groups is 1. The predicted octanol–water partition coefficient (Wildman–Crippen LogP) is 4.55. The molecule has 0 saturated carbocycles. The molecule has 0 fully saturated rings. The molecule has 1 aliphatic rings. The largest absolute Gasteiger partial charge is 0.496 e. The zero-order chi connectivity index (χ0) is 15.6. The molecule has 4 heteroatoms. The first-order valence-corrected chi connectivity index (χ1v) is 8.36. The van der Waals surface area contributed by atoms with Crippen molar-refractivity contribution in [2.24, 2.45) is 5.10 Å². The molecule has 3 aromatic carbocycles. The fraction of sp³-hybridized carbons (Fsp3) is 0.105. The molecule has 4 rings (SSSR count). The van der Waals surface area contributed by atoms with E-state index in [0.29, 0.717) is 0 Å². The summed E-state index contributed by atoms with van der Waals surface area (Å²) >= 11 is 1.72. The number of nitrogens with zero attached hydrogens (tertiary/aromatic N) is 1. The van der Waals surface area contributed by atoms with Crippen LogP contribution in [-0.2, 0) is 0 Å². The molecular weight excluding hydrogens is 304 g/mol. The number of thioether (sulfide) groups is 1. The van der Waals surface area contributed by atoms with Crippen molar-refractivity contribution in [2.75, 3.05) is 7.11 Å². The van der Waals surface area contributed by atoms with Crippen LogP contribution in [0.4, 0.5) is 0 Å². The highest BCUT2D eigenvalue weighted by molar-refractivity contribution is 8.14. The standard InChI is InChI=1S/C19H16N2OS/c1-22-16-12-11-13-7-5-6-10-15(13)17(16)19-21-20-18(23-19)14-8-3-2-4-9-14/h2-12,19,21H,1H3. The third kappa shape index (κ3) is 2.55. The topological polar surface area (TPSA) is 33.6 Å². The predicted molar refractivity (Wildman–Crippen MR) is 96.9 cm³/mol. The summed E-state index contributed by atoms with van der Waals surface area (Å²) in [4.78, 5) is 0. The Balaban J connectivity index is 1.74. The SMILES string of the molecule is COc1ccc2ccccc2c1C1NN=C(c2ccccc2)S1. The van der Waals surface area contributed by atoms with E-state index in [-0.39, 0.29) is 5.37 Å². The Morgan fingerprint density at radius 1 is 0.957 bits per heavy atom. The summed E-state index contributed by atoms with van der Waals surface area (Å²) in [6.07, 6.45) is 0. The van der Waals surface area contributed by atoms with Crippen LogP contribution >= 0.6 is 11.8 Å². The van der Waals surface area contributed by atoms with Gasteiger partial charge in [-0.1, -0.05) is 72.4 Å². The third-order valence-corrected chi connectivity index (χ3v) is 5.07. The Bertz CT molecular complexity index is 877. The first-order valence-electron chi connectivity index (χ1n) is 7.48. The van der Waals surface area contributed by atoms with Crippen molar-refractivity contribution >= 4 is 27.6 Å². The van der Waals surface area contributed by atoms with Crippen LogP contribution in [0, 0.1) is 0 Å². The van der Waals surface area contributed by atoms with E-state index in [9.17, 15) is 0 Å². The number of hydrogen-bond acceptors (Lipinski definition) is 4. The van der Waals surface area contributed by atoms with Gasteiger partial charge in [0.2, 0.25) is 0 Å². The average Bonchev–Trinajstić information content (AvgIpc) is 3.11. The monoisotopic (exact) mass is 320 g/mol. The van der Waals surface area contributed by atoms with Gasteiger partial charge >= 0.3 is 0 Å². The van der Waals surface area contributed by atoms with Crippen LogP contribution in [0.3, 0.4) is 0 Å². The van der Waals surface area contributed by atoms with Gasteiger partial charge in [0.1, 0.15) is 16.2 Å². The van der Waals surface area contributed by atoms with Crippen LogP contribution < -0.4 is 10.2 Å². The molecule has 1 heterocycles. The molecule has 0 amide bonds. The molecule has 0 spiro atoms. The molecule has 3 aromatic rings. The Morgan fingerprint density at radius 3 is 2.57 bits per heavy atom. The maximum absolute atomic E-state index is 5.60. The minimum absolute atomic E-state index is 0.0475. The van der Waals surface area contributed by atoms with E-state index in [1.807, 2.05) is 24.3 Å². The Hall–Kier alpha value is -2.46. The van der Waals surface area contributed by atoms with Crippen LogP contribution in [-0.4, -0.2) is 12.2 Å². The van der Waals surface area contributed by atoms with Gasteiger partial charge in [0.15, 0.2) is 0 Å². The molecule has 1 unspecified atom stereocenters. The highest BCUT2D eigenvalue weighted by Crippen LogP contribution is 2.42. The zero-order valence-electron chi connectivity index (χ0n) is 12.7. The maximum Gasteiger partial charge on any atom is 0.126 e. The van der Waals surface area contributed by atoms with E-state index in [0.717, 1.165) is 21.9 Å². The number of rotatable bonds is 3. The summed E-state index contributed by atoms with van der Waals surface area (Å²) in [5.41, 5.74) is 5.53. The number of benzene rings is 3. The van der Waals surface area contributed by atoms with Crippen molar-refractivity contribution in [1.29, 1.82) is 0 Å². The lowest BCUT2D eigenvalue weighted by Gasteiger charge is -2.17. The number of hydrogen-bond donors (Lipinski definition) is 1. The molecule has 3 nitrogen and oxygen atoms in total. The molecule has 0 saturated heterocycles. The van der Waals surface area contributed by atoms with Crippen LogP contribution in [0.1, 0.15) is 16.5 Å². The van der Waals surface area contributed by atoms with Gasteiger partial charge in [-0.15, -0.1) is 0 Å². The summed E-state index contributed by atoms with van der Waals surface area (Å²) in [5, 5.41) is 7.98. The Morgan fingerprint density at radius 2 is 1.74 bits per heavy atom. The van der Waals surface area contributed by atoms with Crippen LogP contribution in [0.25, 0.3) is 10.8 Å². The highest BCUT2D eigenvalue weighted by atomic mass is 32.2. The van der Waals surface area contributed by atoms with Crippen molar-refractivity contribution < 1.29 is 4.74 Å². The first-order chi connectivity index (χ1) is 11.4. The summed E-state index contributed by atoms with van der Waals surface area (Å²) in [7, 11) is 1.71. The van der Waals surface area contributed by atoms with Crippen molar-refractivity contribution in [1.82, 2.24) is 5.43 Å². The fourth-order valence-corrected chi connectivity index (χ4v) is 3.91. The Kier molecular flexibility index (Phi) is 3.67. The second-order valence-electron chi connectivity index (χ2n) is 5.31. The molecule has 114 valence electrons. The minimum atomic E-state index is 0.0475. The quantitative estimate of drug-likeness (QED) is 0.769. The van der Waals surface area contributed by atoms with E-state index >= 15 is 0 Å². The molecule has 1 aliphatic heterocycles. The second kappa shape index (κ2) is 5.97. The van der Waals surface area contributed by atoms with Gasteiger partial charge in [-0.05, 0) is 16.8 Å². The molecule has 0 bridgehead atoms. The average molecular weight is 320 g/mol. The lowest BCUT2D eigenvalue weighted by Crippen LogP contribution is -2.09. The van der Waals surface area contributed by atoms with Crippen LogP contribution in [0.15, 0.2) is 71.8 Å². The van der Waals surface area contributed by atoms with Gasteiger partial charge in [-0.2, -0.15) is 5.10 Å². The van der Waals surface area contributed by atoms with Gasteiger partial charge in [0.25, 0.3) is 0 Å². The van der Waals surface area contributed by atoms with Gasteiger partial charge < -0.3 is 4.74 Å². The van der Waals surface area contributed by atoms with Crippen molar-refractivity contribution in [3.63, 3.8) is 0 Å². The van der Waals surface area contributed by atoms with E-state index in [1.54, 1.807) is 18.9 Å². The van der Waals surface area contributed by atoms with Gasteiger partial charge in [-0.25, -0.2) is 0 Å². The molecule has 1 N–H and O–H groups in total. The van der Waals surface area contributed by atoms with Crippen LogP contribution in [0.5, 0.6) is 5.75 Å². The number of fused-ring (bicyclic) bond motifs is 1. The fourth-order valence-electron chi connectivity index (χ4n) is 2.84. The molecule has 0 radical (unpaired) electrons. The van der Waals surface area contributed by atoms with Crippen LogP contribution in [0.2, 0.25) is 0 Å². The molecule has 0 aromatic heterocycles. The molecular formula is C19H16N2OS. The van der Waals surface area contributed by atoms with Gasteiger partial charge in [-0.3, -0.25) is 5.43 Å².